The molecule has 1 aliphatic rings. The molecule has 2 aromatic heterocycles. The van der Waals surface area contributed by atoms with Crippen LogP contribution in [-0.4, -0.2) is 21.7 Å². The third-order valence-corrected chi connectivity index (χ3v) is 2.84. The van der Waals surface area contributed by atoms with Crippen LogP contribution in [0.1, 0.15) is 30.1 Å². The number of hydrogen-bond acceptors (Lipinski definition) is 3. The Morgan fingerprint density at radius 1 is 1.47 bits per heavy atom. The molecule has 0 atom stereocenters. The smallest absolute Gasteiger partial charge is 0.157 e. The van der Waals surface area contributed by atoms with Crippen LogP contribution in [0.15, 0.2) is 12.3 Å². The maximum atomic E-state index is 5.35. The van der Waals surface area contributed by atoms with Crippen molar-refractivity contribution in [2.24, 2.45) is 0 Å². The Kier molecular flexibility index (Phi) is 1.71. The number of ether oxygens (including phenoxy) is 1. The third-order valence-electron chi connectivity index (χ3n) is 2.84. The van der Waals surface area contributed by atoms with Gasteiger partial charge in [-0.1, -0.05) is 0 Å². The first-order chi connectivity index (χ1) is 7.29. The number of imidazole rings is 1. The molecule has 0 aromatic carbocycles. The summed E-state index contributed by atoms with van der Waals surface area (Å²) in [7, 11) is 1.69. The lowest BCUT2D eigenvalue weighted by Crippen LogP contribution is -2.01. The Labute approximate surface area is 87.9 Å². The Balaban J connectivity index is 2.25. The summed E-state index contributed by atoms with van der Waals surface area (Å²) in [6.45, 7) is 2.01. The number of rotatable bonds is 2. The average Bonchev–Trinajstić information content (AvgIpc) is 3.04. The van der Waals surface area contributed by atoms with E-state index in [1.54, 1.807) is 7.11 Å². The van der Waals surface area contributed by atoms with E-state index in [4.69, 9.17) is 4.74 Å². The van der Waals surface area contributed by atoms with E-state index >= 15 is 0 Å². The first-order valence-electron chi connectivity index (χ1n) is 5.19. The van der Waals surface area contributed by atoms with Gasteiger partial charge in [0.05, 0.1) is 19.0 Å². The fourth-order valence-electron chi connectivity index (χ4n) is 1.83. The lowest BCUT2D eigenvalue weighted by molar-refractivity contribution is 0.405. The van der Waals surface area contributed by atoms with Gasteiger partial charge in [0, 0.05) is 12.0 Å². The van der Waals surface area contributed by atoms with Crippen LogP contribution in [-0.2, 0) is 0 Å². The van der Waals surface area contributed by atoms with Crippen molar-refractivity contribution in [3.05, 3.63) is 23.7 Å². The molecule has 78 valence electrons. The molecule has 4 nitrogen and oxygen atoms in total. The predicted molar refractivity (Wildman–Crippen MR) is 56.3 cm³/mol. The highest BCUT2D eigenvalue weighted by Gasteiger charge is 2.29. The van der Waals surface area contributed by atoms with Crippen molar-refractivity contribution < 1.29 is 4.74 Å². The molecule has 0 unspecified atom stereocenters. The number of hydrogen-bond donors (Lipinski definition) is 0. The van der Waals surface area contributed by atoms with Crippen LogP contribution >= 0.6 is 0 Å². The van der Waals surface area contributed by atoms with E-state index in [9.17, 15) is 0 Å². The molecule has 0 saturated heterocycles. The number of methoxy groups -OCH3 is 1. The van der Waals surface area contributed by atoms with E-state index in [1.165, 1.54) is 12.8 Å². The highest BCUT2D eigenvalue weighted by Crippen LogP contribution is 2.43. The molecule has 0 bridgehead atoms. The Hall–Kier alpha value is -1.58. The molecule has 1 fully saturated rings. The number of nitrogens with zero attached hydrogens (tertiary/aromatic N) is 3. The van der Waals surface area contributed by atoms with Crippen molar-refractivity contribution in [3.8, 4) is 5.75 Å². The second-order valence-electron chi connectivity index (χ2n) is 4.04. The van der Waals surface area contributed by atoms with Gasteiger partial charge in [-0.3, -0.25) is 0 Å². The van der Waals surface area contributed by atoms with Crippen molar-refractivity contribution >= 4 is 5.65 Å². The summed E-state index contributed by atoms with van der Waals surface area (Å²) in [5.41, 5.74) is 2.99. The SMILES string of the molecule is COc1cc2ncc(C)n2nc1C1CC1. The first kappa shape index (κ1) is 8.71. The summed E-state index contributed by atoms with van der Waals surface area (Å²) >= 11 is 0. The van der Waals surface area contributed by atoms with E-state index in [2.05, 4.69) is 10.1 Å². The molecular formula is C11H13N3O. The number of aromatic nitrogens is 3. The lowest BCUT2D eigenvalue weighted by Gasteiger charge is -2.07. The standard InChI is InChI=1S/C11H13N3O/c1-7-6-12-10-5-9(15-2)11(8-3-4-8)13-14(7)10/h5-6,8H,3-4H2,1-2H3. The second-order valence-corrected chi connectivity index (χ2v) is 4.04. The number of fused-ring (bicyclic) bond motifs is 1. The van der Waals surface area contributed by atoms with Crippen LogP contribution in [0.4, 0.5) is 0 Å². The molecule has 0 radical (unpaired) electrons. The van der Waals surface area contributed by atoms with Gasteiger partial charge in [0.15, 0.2) is 5.65 Å². The van der Waals surface area contributed by atoms with Gasteiger partial charge in [-0.15, -0.1) is 0 Å². The van der Waals surface area contributed by atoms with Crippen LogP contribution in [0.25, 0.3) is 5.65 Å². The molecule has 0 aliphatic heterocycles. The summed E-state index contributed by atoms with van der Waals surface area (Å²) in [5, 5.41) is 4.60. The lowest BCUT2D eigenvalue weighted by atomic mass is 10.2. The normalized spacial score (nSPS) is 15.9. The molecule has 1 aliphatic carbocycles. The summed E-state index contributed by atoms with van der Waals surface area (Å²) in [4.78, 5) is 4.27. The zero-order valence-corrected chi connectivity index (χ0v) is 8.90. The first-order valence-corrected chi connectivity index (χ1v) is 5.19. The molecule has 4 heteroatoms. The summed E-state index contributed by atoms with van der Waals surface area (Å²) < 4.78 is 7.23. The van der Waals surface area contributed by atoms with Gasteiger partial charge in [0.1, 0.15) is 11.4 Å². The Morgan fingerprint density at radius 2 is 2.27 bits per heavy atom. The highest BCUT2D eigenvalue weighted by atomic mass is 16.5. The van der Waals surface area contributed by atoms with E-state index in [0.29, 0.717) is 5.92 Å². The Morgan fingerprint density at radius 3 is 2.93 bits per heavy atom. The Bertz CT molecular complexity index is 514. The second kappa shape index (κ2) is 2.95. The van der Waals surface area contributed by atoms with Crippen LogP contribution < -0.4 is 4.74 Å². The van der Waals surface area contributed by atoms with Gasteiger partial charge in [-0.05, 0) is 19.8 Å². The van der Waals surface area contributed by atoms with Gasteiger partial charge in [-0.25, -0.2) is 9.50 Å². The van der Waals surface area contributed by atoms with Crippen LogP contribution in [0.5, 0.6) is 5.75 Å². The third kappa shape index (κ3) is 1.28. The molecule has 1 saturated carbocycles. The average molecular weight is 203 g/mol. The number of aryl methyl sites for hydroxylation is 1. The maximum absolute atomic E-state index is 5.35. The molecule has 2 aromatic rings. The van der Waals surface area contributed by atoms with E-state index in [1.807, 2.05) is 23.7 Å². The monoisotopic (exact) mass is 203 g/mol. The topological polar surface area (TPSA) is 39.4 Å². The molecule has 15 heavy (non-hydrogen) atoms. The zero-order chi connectivity index (χ0) is 10.4. The van der Waals surface area contributed by atoms with Crippen LogP contribution in [0, 0.1) is 6.92 Å². The molecule has 2 heterocycles. The fraction of sp³-hybridized carbons (Fsp3) is 0.455. The van der Waals surface area contributed by atoms with Gasteiger partial charge in [0.2, 0.25) is 0 Å². The molecule has 3 rings (SSSR count). The maximum Gasteiger partial charge on any atom is 0.157 e. The van der Waals surface area contributed by atoms with E-state index < -0.39 is 0 Å². The summed E-state index contributed by atoms with van der Waals surface area (Å²) in [6, 6.07) is 1.97. The largest absolute Gasteiger partial charge is 0.495 e. The summed E-state index contributed by atoms with van der Waals surface area (Å²) in [5.74, 6) is 1.46. The zero-order valence-electron chi connectivity index (χ0n) is 8.90. The van der Waals surface area contributed by atoms with Gasteiger partial charge in [0.25, 0.3) is 0 Å². The molecule has 0 spiro atoms. The van der Waals surface area contributed by atoms with E-state index in [0.717, 1.165) is 22.8 Å². The van der Waals surface area contributed by atoms with Crippen LogP contribution in [0.2, 0.25) is 0 Å². The van der Waals surface area contributed by atoms with Crippen LogP contribution in [0.3, 0.4) is 0 Å². The molecular weight excluding hydrogens is 190 g/mol. The van der Waals surface area contributed by atoms with E-state index in [-0.39, 0.29) is 0 Å². The molecule has 0 N–H and O–H groups in total. The van der Waals surface area contributed by atoms with Gasteiger partial charge < -0.3 is 4.74 Å². The van der Waals surface area contributed by atoms with Gasteiger partial charge >= 0.3 is 0 Å². The van der Waals surface area contributed by atoms with Crippen molar-refractivity contribution in [2.75, 3.05) is 7.11 Å². The minimum Gasteiger partial charge on any atom is -0.495 e. The van der Waals surface area contributed by atoms with Crippen molar-refractivity contribution in [1.82, 2.24) is 14.6 Å². The molecule has 0 amide bonds. The minimum atomic E-state index is 0.589. The minimum absolute atomic E-state index is 0.589. The summed E-state index contributed by atoms with van der Waals surface area (Å²) in [6.07, 6.45) is 4.28. The quantitative estimate of drug-likeness (QED) is 0.748. The predicted octanol–water partition coefficient (Wildman–Crippen LogP) is 1.92. The highest BCUT2D eigenvalue weighted by molar-refractivity contribution is 5.47. The van der Waals surface area contributed by atoms with Crippen molar-refractivity contribution in [2.45, 2.75) is 25.7 Å². The fourth-order valence-corrected chi connectivity index (χ4v) is 1.83. The van der Waals surface area contributed by atoms with Crippen molar-refractivity contribution in [3.63, 3.8) is 0 Å². The van der Waals surface area contributed by atoms with Gasteiger partial charge in [-0.2, -0.15) is 5.10 Å². The van der Waals surface area contributed by atoms with Crippen molar-refractivity contribution in [1.29, 1.82) is 0 Å².